The molecule has 0 radical (unpaired) electrons. The van der Waals surface area contributed by atoms with Gasteiger partial charge in [0, 0.05) is 19.7 Å². The number of nitrogens with zero attached hydrogens (tertiary/aromatic N) is 1. The Hall–Kier alpha value is -0.160. The first-order valence-electron chi connectivity index (χ1n) is 6.49. The lowest BCUT2D eigenvalue weighted by Crippen LogP contribution is -2.44. The van der Waals surface area contributed by atoms with Crippen molar-refractivity contribution < 1.29 is 9.47 Å². The number of hydrogen-bond acceptors (Lipinski definition) is 4. The maximum absolute atomic E-state index is 5.66. The van der Waals surface area contributed by atoms with Gasteiger partial charge in [0.05, 0.1) is 19.3 Å². The Morgan fingerprint density at radius 2 is 2.31 bits per heavy atom. The number of morpholine rings is 1. The highest BCUT2D eigenvalue weighted by atomic mass is 16.5. The van der Waals surface area contributed by atoms with Crippen LogP contribution in [0.3, 0.4) is 0 Å². The van der Waals surface area contributed by atoms with Crippen LogP contribution in [-0.2, 0) is 9.47 Å². The second-order valence-corrected chi connectivity index (χ2v) is 4.17. The van der Waals surface area contributed by atoms with Gasteiger partial charge in [-0.3, -0.25) is 4.90 Å². The molecule has 1 rings (SSSR count). The van der Waals surface area contributed by atoms with E-state index in [1.165, 1.54) is 0 Å². The molecule has 0 bridgehead atoms. The molecule has 16 heavy (non-hydrogen) atoms. The lowest BCUT2D eigenvalue weighted by molar-refractivity contribution is -0.0680. The van der Waals surface area contributed by atoms with E-state index in [2.05, 4.69) is 24.1 Å². The van der Waals surface area contributed by atoms with Gasteiger partial charge in [-0.15, -0.1) is 0 Å². The molecular weight excluding hydrogens is 204 g/mol. The van der Waals surface area contributed by atoms with E-state index in [0.29, 0.717) is 0 Å². The van der Waals surface area contributed by atoms with Crippen molar-refractivity contribution in [1.29, 1.82) is 0 Å². The first kappa shape index (κ1) is 13.9. The summed E-state index contributed by atoms with van der Waals surface area (Å²) in [4.78, 5) is 2.41. The minimum absolute atomic E-state index is 0.271. The van der Waals surface area contributed by atoms with E-state index in [-0.39, 0.29) is 6.10 Å². The van der Waals surface area contributed by atoms with Crippen molar-refractivity contribution in [2.75, 3.05) is 52.5 Å². The monoisotopic (exact) mass is 230 g/mol. The predicted octanol–water partition coefficient (Wildman–Crippen LogP) is 0.723. The second-order valence-electron chi connectivity index (χ2n) is 4.17. The molecule has 1 atom stereocenters. The molecule has 0 aromatic carbocycles. The van der Waals surface area contributed by atoms with Crippen LogP contribution in [0, 0.1) is 0 Å². The number of hydrogen-bond donors (Lipinski definition) is 1. The Bertz CT molecular complexity index is 167. The van der Waals surface area contributed by atoms with Crippen LogP contribution in [0.5, 0.6) is 0 Å². The molecule has 96 valence electrons. The molecule has 4 heteroatoms. The molecule has 0 amide bonds. The maximum atomic E-state index is 5.66. The SMILES string of the molecule is CCNCCCOC[C@@H]1CN(CC)CCO1. The number of nitrogens with one attached hydrogen (secondary N) is 1. The van der Waals surface area contributed by atoms with E-state index >= 15 is 0 Å². The van der Waals surface area contributed by atoms with Crippen molar-refractivity contribution in [2.45, 2.75) is 26.4 Å². The number of ether oxygens (including phenoxy) is 2. The van der Waals surface area contributed by atoms with Crippen molar-refractivity contribution in [3.63, 3.8) is 0 Å². The van der Waals surface area contributed by atoms with Crippen LogP contribution in [0.2, 0.25) is 0 Å². The van der Waals surface area contributed by atoms with Crippen molar-refractivity contribution in [3.8, 4) is 0 Å². The quantitative estimate of drug-likeness (QED) is 0.623. The number of rotatable bonds is 8. The zero-order chi connectivity index (χ0) is 11.6. The third-order valence-electron chi connectivity index (χ3n) is 2.87. The van der Waals surface area contributed by atoms with Gasteiger partial charge in [-0.05, 0) is 26.1 Å². The number of likely N-dealkylation sites (N-methyl/N-ethyl adjacent to an activating group) is 1. The maximum Gasteiger partial charge on any atom is 0.0935 e. The fourth-order valence-corrected chi connectivity index (χ4v) is 1.86. The van der Waals surface area contributed by atoms with Gasteiger partial charge < -0.3 is 14.8 Å². The molecule has 0 aromatic heterocycles. The second kappa shape index (κ2) is 8.93. The van der Waals surface area contributed by atoms with Crippen LogP contribution in [0.1, 0.15) is 20.3 Å². The first-order valence-corrected chi connectivity index (χ1v) is 6.49. The molecule has 1 aliphatic rings. The zero-order valence-electron chi connectivity index (χ0n) is 10.7. The largest absolute Gasteiger partial charge is 0.379 e. The normalized spacial score (nSPS) is 22.5. The summed E-state index contributed by atoms with van der Waals surface area (Å²) in [6.07, 6.45) is 1.35. The average Bonchev–Trinajstić information content (AvgIpc) is 2.34. The van der Waals surface area contributed by atoms with Crippen molar-refractivity contribution >= 4 is 0 Å². The molecule has 0 spiro atoms. The molecule has 1 saturated heterocycles. The Kier molecular flexibility index (Phi) is 7.76. The van der Waals surface area contributed by atoms with Crippen LogP contribution < -0.4 is 5.32 Å². The summed E-state index contributed by atoms with van der Waals surface area (Å²) >= 11 is 0. The van der Waals surface area contributed by atoms with E-state index < -0.39 is 0 Å². The fraction of sp³-hybridized carbons (Fsp3) is 1.00. The van der Waals surface area contributed by atoms with E-state index in [9.17, 15) is 0 Å². The van der Waals surface area contributed by atoms with E-state index in [1.54, 1.807) is 0 Å². The average molecular weight is 230 g/mol. The Morgan fingerprint density at radius 3 is 3.06 bits per heavy atom. The van der Waals surface area contributed by atoms with Crippen LogP contribution >= 0.6 is 0 Å². The van der Waals surface area contributed by atoms with Crippen LogP contribution in [0.15, 0.2) is 0 Å². The zero-order valence-corrected chi connectivity index (χ0v) is 10.7. The van der Waals surface area contributed by atoms with E-state index in [0.717, 1.165) is 59.0 Å². The molecule has 1 heterocycles. The van der Waals surface area contributed by atoms with Crippen LogP contribution in [0.25, 0.3) is 0 Å². The first-order chi connectivity index (χ1) is 7.86. The molecule has 0 aromatic rings. The van der Waals surface area contributed by atoms with Gasteiger partial charge in [0.2, 0.25) is 0 Å². The lowest BCUT2D eigenvalue weighted by atomic mass is 10.3. The van der Waals surface area contributed by atoms with Crippen molar-refractivity contribution in [3.05, 3.63) is 0 Å². The standard InChI is InChI=1S/C12H26N2O2/c1-3-13-6-5-8-15-11-12-10-14(4-2)7-9-16-12/h12-13H,3-11H2,1-2H3/t12-/m0/s1. The summed E-state index contributed by atoms with van der Waals surface area (Å²) in [5.74, 6) is 0. The van der Waals surface area contributed by atoms with Gasteiger partial charge in [0.15, 0.2) is 0 Å². The van der Waals surface area contributed by atoms with Gasteiger partial charge in [-0.25, -0.2) is 0 Å². The topological polar surface area (TPSA) is 33.7 Å². The van der Waals surface area contributed by atoms with Gasteiger partial charge in [-0.1, -0.05) is 13.8 Å². The smallest absolute Gasteiger partial charge is 0.0935 e. The van der Waals surface area contributed by atoms with Crippen molar-refractivity contribution in [2.24, 2.45) is 0 Å². The summed E-state index contributed by atoms with van der Waals surface area (Å²) < 4.78 is 11.3. The Balaban J connectivity index is 1.95. The summed E-state index contributed by atoms with van der Waals surface area (Å²) in [6, 6.07) is 0. The summed E-state index contributed by atoms with van der Waals surface area (Å²) in [6.45, 7) is 12.0. The summed E-state index contributed by atoms with van der Waals surface area (Å²) in [5.41, 5.74) is 0. The minimum Gasteiger partial charge on any atom is -0.379 e. The van der Waals surface area contributed by atoms with E-state index in [4.69, 9.17) is 9.47 Å². The summed E-state index contributed by atoms with van der Waals surface area (Å²) in [5, 5.41) is 3.28. The van der Waals surface area contributed by atoms with Crippen LogP contribution in [-0.4, -0.2) is 63.5 Å². The van der Waals surface area contributed by atoms with Crippen molar-refractivity contribution in [1.82, 2.24) is 10.2 Å². The molecule has 0 saturated carbocycles. The minimum atomic E-state index is 0.271. The summed E-state index contributed by atoms with van der Waals surface area (Å²) in [7, 11) is 0. The highest BCUT2D eigenvalue weighted by Crippen LogP contribution is 2.05. The molecule has 0 aliphatic carbocycles. The molecule has 0 unspecified atom stereocenters. The predicted molar refractivity (Wildman–Crippen MR) is 65.8 cm³/mol. The third-order valence-corrected chi connectivity index (χ3v) is 2.87. The van der Waals surface area contributed by atoms with Gasteiger partial charge in [0.1, 0.15) is 0 Å². The molecule has 4 nitrogen and oxygen atoms in total. The highest BCUT2D eigenvalue weighted by Gasteiger charge is 2.18. The molecular formula is C12H26N2O2. The Labute approximate surface area is 99.3 Å². The molecule has 1 aliphatic heterocycles. The van der Waals surface area contributed by atoms with Gasteiger partial charge in [0.25, 0.3) is 0 Å². The van der Waals surface area contributed by atoms with Crippen LogP contribution in [0.4, 0.5) is 0 Å². The highest BCUT2D eigenvalue weighted by molar-refractivity contribution is 4.69. The third kappa shape index (κ3) is 5.80. The molecule has 1 N–H and O–H groups in total. The van der Waals surface area contributed by atoms with Gasteiger partial charge >= 0.3 is 0 Å². The van der Waals surface area contributed by atoms with E-state index in [1.807, 2.05) is 0 Å². The molecule has 1 fully saturated rings. The Morgan fingerprint density at radius 1 is 1.44 bits per heavy atom. The van der Waals surface area contributed by atoms with Gasteiger partial charge in [-0.2, -0.15) is 0 Å². The fourth-order valence-electron chi connectivity index (χ4n) is 1.86. The lowest BCUT2D eigenvalue weighted by Gasteiger charge is -2.31.